The summed E-state index contributed by atoms with van der Waals surface area (Å²) < 4.78 is 12.6. The lowest BCUT2D eigenvalue weighted by molar-refractivity contribution is 0.200. The van der Waals surface area contributed by atoms with Crippen LogP contribution in [-0.2, 0) is 0 Å². The van der Waals surface area contributed by atoms with E-state index in [4.69, 9.17) is 15.2 Å². The number of nitriles is 2. The number of anilines is 1. The Bertz CT molecular complexity index is 1040. The van der Waals surface area contributed by atoms with Gasteiger partial charge in [-0.05, 0) is 51.0 Å². The van der Waals surface area contributed by atoms with Crippen molar-refractivity contribution in [1.29, 1.82) is 10.5 Å². The summed E-state index contributed by atoms with van der Waals surface area (Å²) in [5.74, 6) is 1.79. The molecule has 182 valence electrons. The van der Waals surface area contributed by atoms with E-state index in [0.29, 0.717) is 17.2 Å². The fourth-order valence-corrected chi connectivity index (χ4v) is 5.44. The molecule has 5 nitrogen and oxygen atoms in total. The van der Waals surface area contributed by atoms with Crippen LogP contribution in [0.3, 0.4) is 0 Å². The third kappa shape index (κ3) is 7.01. The molecule has 2 N–H and O–H groups in total. The number of hydrogen-bond acceptors (Lipinski definition) is 7. The Balaban J connectivity index is 2.84. The number of para-hydroxylation sites is 1. The highest BCUT2D eigenvalue weighted by Crippen LogP contribution is 2.52. The maximum absolute atomic E-state index is 10.1. The quantitative estimate of drug-likeness (QED) is 0.171. The van der Waals surface area contributed by atoms with Crippen LogP contribution in [-0.4, -0.2) is 18.0 Å². The minimum Gasteiger partial charge on any atom is -0.488 e. The molecule has 0 aliphatic rings. The zero-order chi connectivity index (χ0) is 25.1. The van der Waals surface area contributed by atoms with Gasteiger partial charge in [-0.3, -0.25) is 0 Å². The molecule has 0 saturated heterocycles. The highest BCUT2D eigenvalue weighted by Gasteiger charge is 2.29. The molecule has 7 heteroatoms. The van der Waals surface area contributed by atoms with Crippen molar-refractivity contribution in [3.63, 3.8) is 0 Å². The fraction of sp³-hybridized carbons (Fsp3) is 0.481. The number of benzene rings is 2. The van der Waals surface area contributed by atoms with Crippen LogP contribution in [0.25, 0.3) is 0 Å². The van der Waals surface area contributed by atoms with Gasteiger partial charge in [-0.25, -0.2) is 0 Å². The van der Waals surface area contributed by atoms with Crippen LogP contribution < -0.4 is 15.2 Å². The molecule has 0 bridgehead atoms. The van der Waals surface area contributed by atoms with Gasteiger partial charge >= 0.3 is 0 Å². The van der Waals surface area contributed by atoms with Gasteiger partial charge in [-0.15, -0.1) is 11.8 Å². The predicted octanol–water partition coefficient (Wildman–Crippen LogP) is 7.80. The second-order valence-electron chi connectivity index (χ2n) is 8.16. The van der Waals surface area contributed by atoms with Crippen molar-refractivity contribution in [3.8, 4) is 23.6 Å². The van der Waals surface area contributed by atoms with Gasteiger partial charge in [0.1, 0.15) is 23.3 Å². The topological polar surface area (TPSA) is 92.1 Å². The van der Waals surface area contributed by atoms with Crippen molar-refractivity contribution >= 4 is 29.2 Å². The molecular weight excluding hydrogens is 462 g/mol. The minimum atomic E-state index is -0.120. The van der Waals surface area contributed by atoms with E-state index < -0.39 is 0 Å². The summed E-state index contributed by atoms with van der Waals surface area (Å²) in [5, 5.41) is 20.3. The number of rotatable bonds is 13. The summed E-state index contributed by atoms with van der Waals surface area (Å²) in [6.45, 7) is 10.2. The van der Waals surface area contributed by atoms with E-state index >= 15 is 0 Å². The molecule has 0 aliphatic heterocycles. The van der Waals surface area contributed by atoms with E-state index in [1.165, 1.54) is 11.8 Å². The average molecular weight is 498 g/mol. The van der Waals surface area contributed by atoms with Crippen LogP contribution in [0.4, 0.5) is 5.69 Å². The number of unbranched alkanes of at least 4 members (excludes halogenated alkanes) is 2. The van der Waals surface area contributed by atoms with E-state index in [2.05, 4.69) is 19.1 Å². The summed E-state index contributed by atoms with van der Waals surface area (Å²) in [4.78, 5) is 2.50. The van der Waals surface area contributed by atoms with Gasteiger partial charge in [0.2, 0.25) is 0 Å². The first-order valence-corrected chi connectivity index (χ1v) is 13.7. The van der Waals surface area contributed by atoms with Crippen LogP contribution in [0.2, 0.25) is 0 Å². The molecule has 0 saturated carbocycles. The van der Waals surface area contributed by atoms with Crippen molar-refractivity contribution in [2.45, 2.75) is 93.6 Å². The van der Waals surface area contributed by atoms with Crippen LogP contribution in [0, 0.1) is 22.7 Å². The Hall–Kier alpha value is -2.48. The molecular formula is C27H35N3O2S2. The molecule has 0 fully saturated rings. The second-order valence-corrected chi connectivity index (χ2v) is 10.3. The van der Waals surface area contributed by atoms with Gasteiger partial charge in [0.25, 0.3) is 0 Å². The third-order valence-corrected chi connectivity index (χ3v) is 7.95. The SMILES string of the molecule is CCCCCSc1c(OC(C)CC)c(C#N)c(C#N)c(OC(C)CC)c1Sc1ccccc1N. The predicted molar refractivity (Wildman–Crippen MR) is 142 cm³/mol. The molecule has 0 aromatic heterocycles. The normalized spacial score (nSPS) is 12.4. The lowest BCUT2D eigenvalue weighted by atomic mass is 10.1. The summed E-state index contributed by atoms with van der Waals surface area (Å²) in [6, 6.07) is 12.1. The molecule has 0 aliphatic carbocycles. The van der Waals surface area contributed by atoms with E-state index in [0.717, 1.165) is 52.5 Å². The Labute approximate surface area is 213 Å². The molecule has 0 spiro atoms. The Morgan fingerprint density at radius 2 is 1.44 bits per heavy atom. The number of nitrogen functional groups attached to an aromatic ring is 1. The zero-order valence-corrected chi connectivity index (χ0v) is 22.4. The van der Waals surface area contributed by atoms with E-state index in [9.17, 15) is 10.5 Å². The van der Waals surface area contributed by atoms with Crippen LogP contribution >= 0.6 is 23.5 Å². The smallest absolute Gasteiger partial charge is 0.154 e. The average Bonchev–Trinajstić information content (AvgIpc) is 2.84. The Morgan fingerprint density at radius 3 is 1.94 bits per heavy atom. The molecule has 0 radical (unpaired) electrons. The molecule has 2 atom stereocenters. The zero-order valence-electron chi connectivity index (χ0n) is 20.8. The highest BCUT2D eigenvalue weighted by atomic mass is 32.2. The van der Waals surface area contributed by atoms with Crippen LogP contribution in [0.5, 0.6) is 11.5 Å². The van der Waals surface area contributed by atoms with Crippen molar-refractivity contribution in [2.75, 3.05) is 11.5 Å². The summed E-state index contributed by atoms with van der Waals surface area (Å²) in [7, 11) is 0. The maximum atomic E-state index is 10.1. The number of nitrogens with zero attached hydrogens (tertiary/aromatic N) is 2. The number of ether oxygens (including phenoxy) is 2. The molecule has 2 rings (SSSR count). The molecule has 0 amide bonds. The van der Waals surface area contributed by atoms with Gasteiger partial charge in [-0.1, -0.05) is 57.5 Å². The standard InChI is InChI=1S/C27H35N3O2S2/c1-6-9-12-15-33-26-24(31-18(4)7-2)20(16-28)21(17-29)25(32-19(5)8-3)27(26)34-23-14-11-10-13-22(23)30/h10-11,13-14,18-19H,6-9,12,15,30H2,1-5H3. The molecule has 34 heavy (non-hydrogen) atoms. The summed E-state index contributed by atoms with van der Waals surface area (Å²) in [6.07, 6.45) is 4.63. The van der Waals surface area contributed by atoms with Crippen molar-refractivity contribution < 1.29 is 9.47 Å². The van der Waals surface area contributed by atoms with Crippen molar-refractivity contribution in [2.24, 2.45) is 0 Å². The Morgan fingerprint density at radius 1 is 0.882 bits per heavy atom. The van der Waals surface area contributed by atoms with Crippen LogP contribution in [0.1, 0.15) is 77.8 Å². The molecule has 0 heterocycles. The fourth-order valence-electron chi connectivity index (χ4n) is 3.10. The van der Waals surface area contributed by atoms with Gasteiger partial charge in [0.15, 0.2) is 11.5 Å². The maximum Gasteiger partial charge on any atom is 0.154 e. The van der Waals surface area contributed by atoms with Crippen molar-refractivity contribution in [3.05, 3.63) is 35.4 Å². The first-order chi connectivity index (χ1) is 16.4. The van der Waals surface area contributed by atoms with Crippen molar-refractivity contribution in [1.82, 2.24) is 0 Å². The van der Waals surface area contributed by atoms with Gasteiger partial charge < -0.3 is 15.2 Å². The lowest BCUT2D eigenvalue weighted by Gasteiger charge is -2.25. The summed E-state index contributed by atoms with van der Waals surface area (Å²) >= 11 is 3.13. The lowest BCUT2D eigenvalue weighted by Crippen LogP contribution is -2.16. The van der Waals surface area contributed by atoms with E-state index in [1.54, 1.807) is 11.8 Å². The second kappa shape index (κ2) is 14.0. The van der Waals surface area contributed by atoms with Gasteiger partial charge in [0.05, 0.1) is 22.0 Å². The first kappa shape index (κ1) is 27.8. The number of thioether (sulfide) groups is 1. The molecule has 2 unspecified atom stereocenters. The Kier molecular flexibility index (Phi) is 11.5. The third-order valence-electron chi connectivity index (χ3n) is 5.46. The van der Waals surface area contributed by atoms with Crippen LogP contribution in [0.15, 0.2) is 39.0 Å². The van der Waals surface area contributed by atoms with Gasteiger partial charge in [-0.2, -0.15) is 10.5 Å². The minimum absolute atomic E-state index is 0.102. The first-order valence-electron chi connectivity index (χ1n) is 11.9. The monoisotopic (exact) mass is 497 g/mol. The molecule has 2 aromatic carbocycles. The highest BCUT2D eigenvalue weighted by molar-refractivity contribution is 8.02. The number of hydrogen-bond donors (Lipinski definition) is 1. The van der Waals surface area contributed by atoms with E-state index in [-0.39, 0.29) is 23.3 Å². The summed E-state index contributed by atoms with van der Waals surface area (Å²) in [5.41, 5.74) is 7.39. The largest absolute Gasteiger partial charge is 0.488 e. The molecule has 2 aromatic rings. The van der Waals surface area contributed by atoms with Gasteiger partial charge in [0, 0.05) is 10.6 Å². The van der Waals surface area contributed by atoms with E-state index in [1.807, 2.05) is 52.0 Å². The number of nitrogens with two attached hydrogens (primary N) is 1.